The normalized spacial score (nSPS) is 33.1. The summed E-state index contributed by atoms with van der Waals surface area (Å²) in [4.78, 5) is 24.9. The SMILES string of the molecule is COCC(=O)N[C@H]1CC[C@]2(C)CCC([C@H](C)C(=O)NCc3ccc(F)cc3)[C@H](O)[C@H]2[C@@H]1C. The van der Waals surface area contributed by atoms with Gasteiger partial charge >= 0.3 is 0 Å². The largest absolute Gasteiger partial charge is 0.392 e. The Kier molecular flexibility index (Phi) is 7.93. The summed E-state index contributed by atoms with van der Waals surface area (Å²) in [5.74, 6) is -0.918. The van der Waals surface area contributed by atoms with E-state index in [0.29, 0.717) is 6.54 Å². The van der Waals surface area contributed by atoms with Crippen molar-refractivity contribution >= 4 is 11.8 Å². The van der Waals surface area contributed by atoms with E-state index in [1.807, 2.05) is 6.92 Å². The van der Waals surface area contributed by atoms with Crippen molar-refractivity contribution in [1.29, 1.82) is 0 Å². The van der Waals surface area contributed by atoms with E-state index in [0.717, 1.165) is 31.2 Å². The van der Waals surface area contributed by atoms with E-state index in [4.69, 9.17) is 4.74 Å². The van der Waals surface area contributed by atoms with Crippen LogP contribution in [0.1, 0.15) is 52.0 Å². The molecule has 2 aliphatic carbocycles. The first kappa shape index (κ1) is 24.6. The Morgan fingerprint density at radius 2 is 1.91 bits per heavy atom. The molecule has 0 spiro atoms. The van der Waals surface area contributed by atoms with Crippen molar-refractivity contribution in [2.45, 2.75) is 65.1 Å². The van der Waals surface area contributed by atoms with E-state index in [1.54, 1.807) is 12.1 Å². The summed E-state index contributed by atoms with van der Waals surface area (Å²) in [5.41, 5.74) is 0.835. The van der Waals surface area contributed by atoms with Crippen molar-refractivity contribution in [3.8, 4) is 0 Å². The number of benzene rings is 1. The lowest BCUT2D eigenvalue weighted by molar-refractivity contribution is -0.144. The zero-order chi connectivity index (χ0) is 23.5. The average molecular weight is 449 g/mol. The van der Waals surface area contributed by atoms with Crippen LogP contribution >= 0.6 is 0 Å². The number of rotatable bonds is 7. The summed E-state index contributed by atoms with van der Waals surface area (Å²) in [7, 11) is 1.50. The second kappa shape index (κ2) is 10.3. The van der Waals surface area contributed by atoms with Crippen LogP contribution in [-0.4, -0.2) is 42.8 Å². The van der Waals surface area contributed by atoms with Gasteiger partial charge in [-0.1, -0.05) is 32.9 Å². The predicted molar refractivity (Wildman–Crippen MR) is 120 cm³/mol. The third-order valence-electron chi connectivity index (χ3n) is 7.95. The van der Waals surface area contributed by atoms with Crippen LogP contribution in [-0.2, 0) is 20.9 Å². The van der Waals surface area contributed by atoms with Gasteiger partial charge in [-0.25, -0.2) is 4.39 Å². The number of halogens is 1. The second-order valence-corrected chi connectivity index (χ2v) is 10.0. The molecule has 0 saturated heterocycles. The number of hydrogen-bond donors (Lipinski definition) is 3. The Morgan fingerprint density at radius 3 is 2.56 bits per heavy atom. The fourth-order valence-electron chi connectivity index (χ4n) is 6.02. The molecule has 0 heterocycles. The molecule has 178 valence electrons. The van der Waals surface area contributed by atoms with Gasteiger partial charge in [0.25, 0.3) is 0 Å². The van der Waals surface area contributed by atoms with E-state index in [9.17, 15) is 19.1 Å². The highest BCUT2D eigenvalue weighted by molar-refractivity contribution is 5.78. The van der Waals surface area contributed by atoms with Gasteiger partial charge in [0.1, 0.15) is 12.4 Å². The van der Waals surface area contributed by atoms with Gasteiger partial charge in [-0.2, -0.15) is 0 Å². The molecule has 2 saturated carbocycles. The highest BCUT2D eigenvalue weighted by Gasteiger charge is 2.53. The van der Waals surface area contributed by atoms with E-state index in [2.05, 4.69) is 24.5 Å². The van der Waals surface area contributed by atoms with Crippen LogP contribution in [0.5, 0.6) is 0 Å². The minimum absolute atomic E-state index is 0.00211. The smallest absolute Gasteiger partial charge is 0.246 e. The standard InChI is InChI=1S/C25H37FN2O4/c1-15(24(31)27-13-17-5-7-18(26)8-6-17)19-9-11-25(3)12-10-20(28-21(29)14-32-4)16(2)22(25)23(19)30/h5-8,15-16,19-20,22-23,30H,9-14H2,1-4H3,(H,27,31)(H,28,29)/t15-,16+,19?,20-,22+,23-,25-/m0/s1. The highest BCUT2D eigenvalue weighted by Crippen LogP contribution is 2.55. The van der Waals surface area contributed by atoms with Crippen LogP contribution in [0.3, 0.4) is 0 Å². The van der Waals surface area contributed by atoms with Gasteiger partial charge in [0.05, 0.1) is 6.10 Å². The van der Waals surface area contributed by atoms with E-state index in [1.165, 1.54) is 19.2 Å². The molecule has 3 N–H and O–H groups in total. The first-order chi connectivity index (χ1) is 15.2. The molecule has 1 aromatic rings. The van der Waals surface area contributed by atoms with Gasteiger partial charge in [0.2, 0.25) is 11.8 Å². The van der Waals surface area contributed by atoms with Gasteiger partial charge in [-0.3, -0.25) is 9.59 Å². The van der Waals surface area contributed by atoms with E-state index < -0.39 is 6.10 Å². The van der Waals surface area contributed by atoms with Gasteiger partial charge in [0, 0.05) is 25.6 Å². The second-order valence-electron chi connectivity index (χ2n) is 10.0. The van der Waals surface area contributed by atoms with Crippen LogP contribution in [0.2, 0.25) is 0 Å². The van der Waals surface area contributed by atoms with Crippen LogP contribution in [0, 0.1) is 34.9 Å². The van der Waals surface area contributed by atoms with Crippen molar-refractivity contribution in [2.75, 3.05) is 13.7 Å². The van der Waals surface area contributed by atoms with Crippen LogP contribution in [0.25, 0.3) is 0 Å². The summed E-state index contributed by atoms with van der Waals surface area (Å²) < 4.78 is 18.0. The van der Waals surface area contributed by atoms with Gasteiger partial charge in [-0.15, -0.1) is 0 Å². The molecule has 0 aliphatic heterocycles. The molecule has 6 nitrogen and oxygen atoms in total. The van der Waals surface area contributed by atoms with Crippen molar-refractivity contribution in [3.05, 3.63) is 35.6 Å². The average Bonchev–Trinajstić information content (AvgIpc) is 2.75. The molecule has 7 atom stereocenters. The summed E-state index contributed by atoms with van der Waals surface area (Å²) in [6, 6.07) is 6.06. The minimum atomic E-state index is -0.613. The lowest BCUT2D eigenvalue weighted by Crippen LogP contribution is -2.58. The molecular weight excluding hydrogens is 411 g/mol. The Hall–Kier alpha value is -1.99. The Labute approximate surface area is 190 Å². The Morgan fingerprint density at radius 1 is 1.25 bits per heavy atom. The van der Waals surface area contributed by atoms with Crippen molar-refractivity contribution in [3.63, 3.8) is 0 Å². The molecule has 32 heavy (non-hydrogen) atoms. The molecule has 1 unspecified atom stereocenters. The number of methoxy groups -OCH3 is 1. The third-order valence-corrected chi connectivity index (χ3v) is 7.95. The molecule has 0 bridgehead atoms. The van der Waals surface area contributed by atoms with E-state index in [-0.39, 0.29) is 59.4 Å². The molecular formula is C25H37FN2O4. The lowest BCUT2D eigenvalue weighted by atomic mass is 9.51. The summed E-state index contributed by atoms with van der Waals surface area (Å²) in [5, 5.41) is 17.4. The molecule has 1 aromatic carbocycles. The third kappa shape index (κ3) is 5.31. The molecule has 3 rings (SSSR count). The number of fused-ring (bicyclic) bond motifs is 1. The molecule has 2 amide bonds. The van der Waals surface area contributed by atoms with Crippen LogP contribution < -0.4 is 10.6 Å². The van der Waals surface area contributed by atoms with Gasteiger partial charge in [0.15, 0.2) is 0 Å². The number of aliphatic hydroxyl groups excluding tert-OH is 1. The Bertz CT molecular complexity index is 802. The number of amides is 2. The van der Waals surface area contributed by atoms with Crippen molar-refractivity contribution in [2.24, 2.45) is 29.1 Å². The number of aliphatic hydroxyl groups is 1. The fraction of sp³-hybridized carbons (Fsp3) is 0.680. The number of carbonyl (C=O) groups excluding carboxylic acids is 2. The van der Waals surface area contributed by atoms with Crippen LogP contribution in [0.4, 0.5) is 4.39 Å². The number of ether oxygens (including phenoxy) is 1. The summed E-state index contributed by atoms with van der Waals surface area (Å²) >= 11 is 0. The summed E-state index contributed by atoms with van der Waals surface area (Å²) in [6.07, 6.45) is 2.96. The quantitative estimate of drug-likeness (QED) is 0.598. The number of nitrogens with one attached hydrogen (secondary N) is 2. The van der Waals surface area contributed by atoms with Crippen molar-refractivity contribution < 1.29 is 23.8 Å². The monoisotopic (exact) mass is 448 g/mol. The fourth-order valence-corrected chi connectivity index (χ4v) is 6.02. The van der Waals surface area contributed by atoms with Crippen molar-refractivity contribution in [1.82, 2.24) is 10.6 Å². The highest BCUT2D eigenvalue weighted by atomic mass is 19.1. The first-order valence-corrected chi connectivity index (χ1v) is 11.6. The maximum Gasteiger partial charge on any atom is 0.246 e. The van der Waals surface area contributed by atoms with Crippen LogP contribution in [0.15, 0.2) is 24.3 Å². The topological polar surface area (TPSA) is 87.7 Å². The predicted octanol–water partition coefficient (Wildman–Crippen LogP) is 3.03. The molecule has 2 fully saturated rings. The zero-order valence-corrected chi connectivity index (χ0v) is 19.6. The maximum atomic E-state index is 13.1. The number of carbonyl (C=O) groups is 2. The minimum Gasteiger partial charge on any atom is -0.392 e. The van der Waals surface area contributed by atoms with E-state index >= 15 is 0 Å². The molecule has 2 aliphatic rings. The molecule has 0 radical (unpaired) electrons. The first-order valence-electron chi connectivity index (χ1n) is 11.6. The summed E-state index contributed by atoms with van der Waals surface area (Å²) in [6.45, 7) is 6.58. The maximum absolute atomic E-state index is 13.1. The van der Waals surface area contributed by atoms with Gasteiger partial charge in [-0.05, 0) is 66.5 Å². The Balaban J connectivity index is 1.65. The molecule has 7 heteroatoms. The number of hydrogen-bond acceptors (Lipinski definition) is 4. The van der Waals surface area contributed by atoms with Gasteiger partial charge < -0.3 is 20.5 Å². The zero-order valence-electron chi connectivity index (χ0n) is 19.6. The lowest BCUT2D eigenvalue weighted by Gasteiger charge is -2.56. The molecule has 0 aromatic heterocycles.